The van der Waals surface area contributed by atoms with E-state index in [0.717, 1.165) is 22.3 Å². The number of alkyl carbamates (subject to hydrolysis) is 1. The Bertz CT molecular complexity index is 837. The van der Waals surface area contributed by atoms with Crippen LogP contribution in [0.15, 0.2) is 48.5 Å². The van der Waals surface area contributed by atoms with Crippen LogP contribution in [0.25, 0.3) is 0 Å². The minimum Gasteiger partial charge on any atom is -0.445 e. The number of hydrogen-bond acceptors (Lipinski definition) is 4. The zero-order valence-electron chi connectivity index (χ0n) is 16.0. The highest BCUT2D eigenvalue weighted by molar-refractivity contribution is 5.88. The third kappa shape index (κ3) is 6.75. The quantitative estimate of drug-likeness (QED) is 0.645. The van der Waals surface area contributed by atoms with Crippen molar-refractivity contribution in [2.24, 2.45) is 5.73 Å². The molecule has 0 radical (unpaired) electrons. The molecule has 0 aromatic heterocycles. The number of ether oxygens (including phenoxy) is 1. The third-order valence-corrected chi connectivity index (χ3v) is 4.30. The molecule has 0 saturated carbocycles. The molecular weight excluding hydrogens is 358 g/mol. The van der Waals surface area contributed by atoms with E-state index < -0.39 is 23.9 Å². The van der Waals surface area contributed by atoms with Crippen LogP contribution in [0, 0.1) is 13.8 Å². The van der Waals surface area contributed by atoms with Gasteiger partial charge in [0, 0.05) is 6.42 Å². The number of carbonyl (C=O) groups is 3. The maximum atomic E-state index is 12.1. The van der Waals surface area contributed by atoms with E-state index in [1.54, 1.807) is 0 Å². The predicted octanol–water partition coefficient (Wildman–Crippen LogP) is 1.74. The fourth-order valence-corrected chi connectivity index (χ4v) is 2.56. The molecule has 0 heterocycles. The van der Waals surface area contributed by atoms with Crippen molar-refractivity contribution in [2.75, 3.05) is 6.54 Å². The first kappa shape index (κ1) is 21.0. The fourth-order valence-electron chi connectivity index (χ4n) is 2.56. The molecule has 28 heavy (non-hydrogen) atoms. The second-order valence-electron chi connectivity index (χ2n) is 6.56. The maximum Gasteiger partial charge on any atom is 0.407 e. The Morgan fingerprint density at radius 2 is 1.71 bits per heavy atom. The van der Waals surface area contributed by atoms with E-state index in [1.807, 2.05) is 62.4 Å². The van der Waals surface area contributed by atoms with Crippen molar-refractivity contribution >= 4 is 17.9 Å². The summed E-state index contributed by atoms with van der Waals surface area (Å²) in [6.45, 7) is 3.76. The first-order valence-electron chi connectivity index (χ1n) is 8.94. The number of hydrogen-bond donors (Lipinski definition) is 3. The monoisotopic (exact) mass is 383 g/mol. The second kappa shape index (κ2) is 10.1. The molecule has 0 spiro atoms. The summed E-state index contributed by atoms with van der Waals surface area (Å²) < 4.78 is 5.03. The van der Waals surface area contributed by atoms with Gasteiger partial charge in [0.1, 0.15) is 19.2 Å². The fraction of sp³-hybridized carbons (Fsp3) is 0.286. The Balaban J connectivity index is 1.80. The molecule has 0 fully saturated rings. The van der Waals surface area contributed by atoms with Crippen molar-refractivity contribution in [1.82, 2.24) is 10.6 Å². The molecule has 0 aliphatic rings. The van der Waals surface area contributed by atoms with E-state index in [4.69, 9.17) is 10.5 Å². The van der Waals surface area contributed by atoms with Crippen LogP contribution < -0.4 is 16.4 Å². The van der Waals surface area contributed by atoms with Crippen LogP contribution in [0.1, 0.15) is 22.3 Å². The van der Waals surface area contributed by atoms with E-state index in [2.05, 4.69) is 10.6 Å². The molecule has 0 aliphatic carbocycles. The van der Waals surface area contributed by atoms with Crippen molar-refractivity contribution in [3.05, 3.63) is 70.8 Å². The SMILES string of the molecule is Cc1ccc(C[C@@H](NC(=O)CNC(=O)OCc2ccccc2)C(N)=O)cc1C. The van der Waals surface area contributed by atoms with Gasteiger partial charge in [-0.25, -0.2) is 4.79 Å². The number of primary amides is 1. The molecule has 2 rings (SSSR count). The highest BCUT2D eigenvalue weighted by atomic mass is 16.5. The molecule has 0 unspecified atom stereocenters. The molecule has 2 aromatic carbocycles. The van der Waals surface area contributed by atoms with Crippen LogP contribution in [-0.4, -0.2) is 30.5 Å². The minimum atomic E-state index is -0.864. The number of carbonyl (C=O) groups excluding carboxylic acids is 3. The summed E-state index contributed by atoms with van der Waals surface area (Å²) in [6, 6.07) is 14.1. The number of aryl methyl sites for hydroxylation is 2. The topological polar surface area (TPSA) is 111 Å². The van der Waals surface area contributed by atoms with E-state index in [9.17, 15) is 14.4 Å². The number of nitrogens with one attached hydrogen (secondary N) is 2. The standard InChI is InChI=1S/C21H25N3O4/c1-14-8-9-17(10-15(14)2)11-18(20(22)26)24-19(25)12-23-21(27)28-13-16-6-4-3-5-7-16/h3-10,18H,11-13H2,1-2H3,(H2,22,26)(H,23,27)(H,24,25)/t18-/m1/s1. The lowest BCUT2D eigenvalue weighted by Crippen LogP contribution is -2.49. The Morgan fingerprint density at radius 3 is 2.36 bits per heavy atom. The molecule has 0 saturated heterocycles. The molecule has 148 valence electrons. The highest BCUT2D eigenvalue weighted by Gasteiger charge is 2.19. The van der Waals surface area contributed by atoms with Gasteiger partial charge in [0.05, 0.1) is 0 Å². The summed E-state index contributed by atoms with van der Waals surface area (Å²) in [6.07, 6.45) is -0.440. The van der Waals surface area contributed by atoms with Crippen molar-refractivity contribution < 1.29 is 19.1 Å². The van der Waals surface area contributed by atoms with Gasteiger partial charge in [0.25, 0.3) is 0 Å². The number of nitrogens with two attached hydrogens (primary N) is 1. The first-order chi connectivity index (χ1) is 13.3. The van der Waals surface area contributed by atoms with Gasteiger partial charge in [-0.3, -0.25) is 9.59 Å². The lowest BCUT2D eigenvalue weighted by atomic mass is 10.0. The third-order valence-electron chi connectivity index (χ3n) is 4.30. The molecule has 3 amide bonds. The average Bonchev–Trinajstić information content (AvgIpc) is 2.67. The van der Waals surface area contributed by atoms with Crippen molar-refractivity contribution in [1.29, 1.82) is 0 Å². The van der Waals surface area contributed by atoms with Crippen LogP contribution in [0.3, 0.4) is 0 Å². The highest BCUT2D eigenvalue weighted by Crippen LogP contribution is 2.11. The average molecular weight is 383 g/mol. The summed E-state index contributed by atoms with van der Waals surface area (Å²) in [7, 11) is 0. The summed E-state index contributed by atoms with van der Waals surface area (Å²) in [5.74, 6) is -1.16. The first-order valence-corrected chi connectivity index (χ1v) is 8.94. The predicted molar refractivity (Wildman–Crippen MR) is 105 cm³/mol. The van der Waals surface area contributed by atoms with Gasteiger partial charge < -0.3 is 21.1 Å². The van der Waals surface area contributed by atoms with Gasteiger partial charge in [-0.15, -0.1) is 0 Å². The second-order valence-corrected chi connectivity index (χ2v) is 6.56. The molecule has 0 bridgehead atoms. The van der Waals surface area contributed by atoms with Crippen molar-refractivity contribution in [2.45, 2.75) is 32.9 Å². The smallest absolute Gasteiger partial charge is 0.407 e. The van der Waals surface area contributed by atoms with E-state index in [0.29, 0.717) is 0 Å². The van der Waals surface area contributed by atoms with E-state index in [1.165, 1.54) is 0 Å². The summed E-state index contributed by atoms with van der Waals surface area (Å²) >= 11 is 0. The zero-order valence-corrected chi connectivity index (χ0v) is 16.0. The Labute approximate surface area is 164 Å². The lowest BCUT2D eigenvalue weighted by molar-refractivity contribution is -0.126. The van der Waals surface area contributed by atoms with Gasteiger partial charge >= 0.3 is 6.09 Å². The van der Waals surface area contributed by atoms with Crippen molar-refractivity contribution in [3.8, 4) is 0 Å². The lowest BCUT2D eigenvalue weighted by Gasteiger charge is -2.16. The van der Waals surface area contributed by atoms with Gasteiger partial charge in [0.15, 0.2) is 0 Å². The van der Waals surface area contributed by atoms with Gasteiger partial charge in [-0.05, 0) is 36.1 Å². The normalized spacial score (nSPS) is 11.4. The molecule has 7 heteroatoms. The molecule has 0 aliphatic heterocycles. The van der Waals surface area contributed by atoms with Crippen LogP contribution in [0.5, 0.6) is 0 Å². The number of amides is 3. The largest absolute Gasteiger partial charge is 0.445 e. The number of benzene rings is 2. The van der Waals surface area contributed by atoms with Crippen LogP contribution >= 0.6 is 0 Å². The van der Waals surface area contributed by atoms with Gasteiger partial charge in [-0.2, -0.15) is 0 Å². The van der Waals surface area contributed by atoms with E-state index in [-0.39, 0.29) is 19.6 Å². The number of rotatable bonds is 8. The molecular formula is C21H25N3O4. The minimum absolute atomic E-state index is 0.102. The molecule has 4 N–H and O–H groups in total. The molecule has 7 nitrogen and oxygen atoms in total. The van der Waals surface area contributed by atoms with Crippen LogP contribution in [-0.2, 0) is 27.4 Å². The summed E-state index contributed by atoms with van der Waals surface area (Å²) in [5, 5.41) is 4.90. The summed E-state index contributed by atoms with van der Waals surface area (Å²) in [4.78, 5) is 35.4. The maximum absolute atomic E-state index is 12.1. The van der Waals surface area contributed by atoms with Gasteiger partial charge in [-0.1, -0.05) is 48.5 Å². The molecule has 1 atom stereocenters. The molecule has 2 aromatic rings. The van der Waals surface area contributed by atoms with Crippen LogP contribution in [0.2, 0.25) is 0 Å². The van der Waals surface area contributed by atoms with E-state index >= 15 is 0 Å². The summed E-state index contributed by atoms with van der Waals surface area (Å²) in [5.41, 5.74) is 9.36. The zero-order chi connectivity index (χ0) is 20.5. The van der Waals surface area contributed by atoms with Crippen LogP contribution in [0.4, 0.5) is 4.79 Å². The van der Waals surface area contributed by atoms with Crippen molar-refractivity contribution in [3.63, 3.8) is 0 Å². The Morgan fingerprint density at radius 1 is 1.00 bits per heavy atom. The van der Waals surface area contributed by atoms with Gasteiger partial charge in [0.2, 0.25) is 11.8 Å². The Hall–Kier alpha value is -3.35. The Kier molecular flexibility index (Phi) is 7.56.